The Labute approximate surface area is 187 Å². The van der Waals surface area contributed by atoms with Gasteiger partial charge in [-0.2, -0.15) is 0 Å². The van der Waals surface area contributed by atoms with Gasteiger partial charge in [-0.05, 0) is 86.2 Å². The lowest BCUT2D eigenvalue weighted by Gasteiger charge is -2.55. The van der Waals surface area contributed by atoms with Crippen molar-refractivity contribution in [3.63, 3.8) is 0 Å². The van der Waals surface area contributed by atoms with Crippen molar-refractivity contribution in [3.8, 4) is 0 Å². The van der Waals surface area contributed by atoms with Crippen molar-refractivity contribution in [2.45, 2.75) is 62.8 Å². The van der Waals surface area contributed by atoms with Gasteiger partial charge in [0.15, 0.2) is 0 Å². The molecule has 7 rings (SSSR count). The zero-order valence-corrected chi connectivity index (χ0v) is 18.7. The normalized spacial score (nSPS) is 32.9. The minimum absolute atomic E-state index is 0.308. The van der Waals surface area contributed by atoms with Crippen LogP contribution in [-0.4, -0.2) is 29.9 Å². The maximum Gasteiger partial charge on any atom is 0.0856 e. The molecule has 2 aromatic rings. The van der Waals surface area contributed by atoms with Crippen LogP contribution in [0, 0.1) is 23.7 Å². The zero-order valence-electron chi connectivity index (χ0n) is 18.7. The minimum Gasteiger partial charge on any atom is -0.363 e. The largest absolute Gasteiger partial charge is 0.363 e. The molecule has 5 fully saturated rings. The quantitative estimate of drug-likeness (QED) is 0.403. The summed E-state index contributed by atoms with van der Waals surface area (Å²) in [7, 11) is 0. The van der Waals surface area contributed by atoms with E-state index in [1.165, 1.54) is 62.5 Å². The molecule has 0 unspecified atom stereocenters. The van der Waals surface area contributed by atoms with Crippen LogP contribution in [0.4, 0.5) is 0 Å². The van der Waals surface area contributed by atoms with E-state index >= 15 is 0 Å². The lowest BCUT2D eigenvalue weighted by Crippen LogP contribution is -2.50. The highest BCUT2D eigenvalue weighted by atomic mass is 15.2. The smallest absolute Gasteiger partial charge is 0.0856 e. The molecule has 0 spiro atoms. The first-order chi connectivity index (χ1) is 15.3. The van der Waals surface area contributed by atoms with Gasteiger partial charge in [0.1, 0.15) is 0 Å². The number of piperidine rings is 1. The first-order valence-corrected chi connectivity index (χ1v) is 12.7. The molecule has 4 saturated carbocycles. The Morgan fingerprint density at radius 3 is 1.71 bits per heavy atom. The molecule has 1 aliphatic heterocycles. The van der Waals surface area contributed by atoms with Crippen LogP contribution in [0.15, 0.2) is 65.7 Å². The molecule has 2 heteroatoms. The number of hydrogen-bond donors (Lipinski definition) is 0. The highest BCUT2D eigenvalue weighted by Crippen LogP contribution is 2.57. The molecule has 0 atom stereocenters. The maximum atomic E-state index is 5.33. The molecule has 0 radical (unpaired) electrons. The second kappa shape index (κ2) is 8.11. The Morgan fingerprint density at radius 1 is 0.742 bits per heavy atom. The molecule has 162 valence electrons. The number of likely N-dealkylation sites (tertiary alicyclic amines) is 1. The van der Waals surface area contributed by atoms with E-state index in [1.807, 2.05) is 0 Å². The number of rotatable bonds is 5. The van der Waals surface area contributed by atoms with Crippen molar-refractivity contribution in [3.05, 3.63) is 71.8 Å². The summed E-state index contributed by atoms with van der Waals surface area (Å²) >= 11 is 0. The van der Waals surface area contributed by atoms with Crippen LogP contribution in [-0.2, 0) is 0 Å². The van der Waals surface area contributed by atoms with Gasteiger partial charge in [0.05, 0.1) is 11.9 Å². The van der Waals surface area contributed by atoms with Crippen molar-refractivity contribution >= 4 is 6.34 Å². The van der Waals surface area contributed by atoms with E-state index in [0.717, 1.165) is 30.8 Å². The molecule has 2 nitrogen and oxygen atoms in total. The fourth-order valence-electron chi connectivity index (χ4n) is 7.85. The lowest BCUT2D eigenvalue weighted by molar-refractivity contribution is 0.00135. The Balaban J connectivity index is 1.14. The van der Waals surface area contributed by atoms with Crippen LogP contribution in [0.3, 0.4) is 0 Å². The first-order valence-electron chi connectivity index (χ1n) is 12.7. The molecule has 0 aromatic heterocycles. The molecule has 1 saturated heterocycles. The van der Waals surface area contributed by atoms with Gasteiger partial charge in [0.2, 0.25) is 0 Å². The molecule has 5 aliphatic rings. The van der Waals surface area contributed by atoms with Crippen LogP contribution < -0.4 is 0 Å². The molecule has 0 amide bonds. The van der Waals surface area contributed by atoms with E-state index in [2.05, 4.69) is 71.9 Å². The van der Waals surface area contributed by atoms with Gasteiger partial charge < -0.3 is 4.90 Å². The van der Waals surface area contributed by atoms with Gasteiger partial charge in [0.25, 0.3) is 0 Å². The molecule has 4 bridgehead atoms. The zero-order chi connectivity index (χ0) is 20.7. The van der Waals surface area contributed by atoms with E-state index in [1.54, 1.807) is 0 Å². The molecule has 4 aliphatic carbocycles. The van der Waals surface area contributed by atoms with Gasteiger partial charge in [-0.1, -0.05) is 60.7 Å². The van der Waals surface area contributed by atoms with Gasteiger partial charge >= 0.3 is 0 Å². The summed E-state index contributed by atoms with van der Waals surface area (Å²) in [6, 6.07) is 22.3. The van der Waals surface area contributed by atoms with Gasteiger partial charge in [-0.25, -0.2) is 0 Å². The summed E-state index contributed by atoms with van der Waals surface area (Å²) in [5.41, 5.74) is 3.24. The van der Waals surface area contributed by atoms with Gasteiger partial charge in [-0.15, -0.1) is 0 Å². The predicted molar refractivity (Wildman–Crippen MR) is 128 cm³/mol. The Hall–Kier alpha value is -2.09. The second-order valence-electron chi connectivity index (χ2n) is 11.1. The Bertz CT molecular complexity index is 820. The summed E-state index contributed by atoms with van der Waals surface area (Å²) < 4.78 is 0. The highest BCUT2D eigenvalue weighted by molar-refractivity contribution is 5.56. The molecular weight excluding hydrogens is 376 g/mol. The summed E-state index contributed by atoms with van der Waals surface area (Å²) in [6.45, 7) is 2.30. The third kappa shape index (κ3) is 3.95. The monoisotopic (exact) mass is 412 g/mol. The fraction of sp³-hybridized carbons (Fsp3) is 0.552. The third-order valence-corrected chi connectivity index (χ3v) is 8.86. The van der Waals surface area contributed by atoms with Crippen LogP contribution in [0.2, 0.25) is 0 Å². The van der Waals surface area contributed by atoms with Crippen LogP contribution in [0.25, 0.3) is 0 Å². The average Bonchev–Trinajstić information content (AvgIpc) is 2.79. The number of benzene rings is 2. The molecule has 31 heavy (non-hydrogen) atoms. The Kier molecular flexibility index (Phi) is 5.13. The van der Waals surface area contributed by atoms with Crippen LogP contribution in [0.5, 0.6) is 0 Å². The summed E-state index contributed by atoms with van der Waals surface area (Å²) in [4.78, 5) is 7.86. The van der Waals surface area contributed by atoms with E-state index < -0.39 is 0 Å². The molecule has 1 heterocycles. The number of nitrogens with zero attached hydrogens (tertiary/aromatic N) is 2. The van der Waals surface area contributed by atoms with Gasteiger partial charge in [-0.3, -0.25) is 4.99 Å². The first kappa shape index (κ1) is 19.6. The number of hydrogen-bond acceptors (Lipinski definition) is 1. The van der Waals surface area contributed by atoms with Crippen molar-refractivity contribution < 1.29 is 0 Å². The van der Waals surface area contributed by atoms with E-state index in [-0.39, 0.29) is 0 Å². The second-order valence-corrected chi connectivity index (χ2v) is 11.1. The van der Waals surface area contributed by atoms with E-state index in [0.29, 0.717) is 17.4 Å². The van der Waals surface area contributed by atoms with Crippen molar-refractivity contribution in [2.75, 3.05) is 13.1 Å². The summed E-state index contributed by atoms with van der Waals surface area (Å²) in [6.07, 6.45) is 13.4. The van der Waals surface area contributed by atoms with E-state index in [9.17, 15) is 0 Å². The molecule has 2 aromatic carbocycles. The standard InChI is InChI=1S/C29H36N2/c1-3-7-25(8-4-1)28(26-9-5-2-6-10-26)27-11-13-31(14-12-27)21-30-29-18-22-15-23(19-29)17-24(16-22)20-29/h1-10,21-24,27-28H,11-20H2. The fourth-order valence-corrected chi connectivity index (χ4v) is 7.85. The number of aliphatic imine (C=N–C) groups is 1. The molecule has 0 N–H and O–H groups in total. The van der Waals surface area contributed by atoms with Gasteiger partial charge in [0, 0.05) is 19.0 Å². The molecular formula is C29H36N2. The van der Waals surface area contributed by atoms with Crippen molar-refractivity contribution in [1.82, 2.24) is 4.90 Å². The Morgan fingerprint density at radius 2 is 1.23 bits per heavy atom. The highest BCUT2D eigenvalue weighted by Gasteiger charge is 2.50. The van der Waals surface area contributed by atoms with Crippen LogP contribution in [0.1, 0.15) is 68.4 Å². The SMILES string of the molecule is C(=NC12CC3CC(CC(C3)C1)C2)N1CCC(C(c2ccccc2)c2ccccc2)CC1. The van der Waals surface area contributed by atoms with Crippen molar-refractivity contribution in [1.29, 1.82) is 0 Å². The lowest BCUT2D eigenvalue weighted by atomic mass is 9.53. The summed E-state index contributed by atoms with van der Waals surface area (Å²) in [5, 5.41) is 0. The predicted octanol–water partition coefficient (Wildman–Crippen LogP) is 6.53. The minimum atomic E-state index is 0.308. The summed E-state index contributed by atoms with van der Waals surface area (Å²) in [5.74, 6) is 4.14. The third-order valence-electron chi connectivity index (χ3n) is 8.86. The van der Waals surface area contributed by atoms with Crippen molar-refractivity contribution in [2.24, 2.45) is 28.7 Å². The van der Waals surface area contributed by atoms with E-state index in [4.69, 9.17) is 4.99 Å². The van der Waals surface area contributed by atoms with Crippen LogP contribution >= 0.6 is 0 Å². The topological polar surface area (TPSA) is 15.6 Å². The maximum absolute atomic E-state index is 5.33. The average molecular weight is 413 g/mol.